The van der Waals surface area contributed by atoms with Crippen molar-refractivity contribution in [3.63, 3.8) is 0 Å². The molecule has 0 saturated carbocycles. The van der Waals surface area contributed by atoms with Gasteiger partial charge in [-0.1, -0.05) is 29.8 Å². The summed E-state index contributed by atoms with van der Waals surface area (Å²) in [6, 6.07) is 13.7. The Morgan fingerprint density at radius 3 is 2.76 bits per heavy atom. The van der Waals surface area contributed by atoms with E-state index in [9.17, 15) is 9.59 Å². The SMILES string of the molecule is CCOc1ccc(Cl)cc1-c1nnc([C@H]2CCC[C@@H](C(=O)Nc3c(C)n(C)n(-c4ccccc4)c3=O)N2)o1. The van der Waals surface area contributed by atoms with E-state index in [1.54, 1.807) is 36.9 Å². The van der Waals surface area contributed by atoms with Gasteiger partial charge in [-0.25, -0.2) is 4.68 Å². The fraction of sp³-hybridized carbons (Fsp3) is 0.333. The molecule has 0 bridgehead atoms. The first-order chi connectivity index (χ1) is 18.4. The molecule has 0 radical (unpaired) electrons. The summed E-state index contributed by atoms with van der Waals surface area (Å²) < 4.78 is 14.9. The molecule has 1 fully saturated rings. The Morgan fingerprint density at radius 2 is 2.00 bits per heavy atom. The van der Waals surface area contributed by atoms with Crippen molar-refractivity contribution < 1.29 is 13.9 Å². The second kappa shape index (κ2) is 10.8. The summed E-state index contributed by atoms with van der Waals surface area (Å²) in [5, 5.41) is 15.1. The minimum Gasteiger partial charge on any atom is -0.493 e. The number of hydrogen-bond donors (Lipinski definition) is 2. The first kappa shape index (κ1) is 25.7. The summed E-state index contributed by atoms with van der Waals surface area (Å²) in [5.41, 5.74) is 1.96. The van der Waals surface area contributed by atoms with Gasteiger partial charge in [0.25, 0.3) is 11.4 Å². The molecule has 3 heterocycles. The Hall–Kier alpha value is -3.89. The third-order valence-corrected chi connectivity index (χ3v) is 6.95. The van der Waals surface area contributed by atoms with Crippen LogP contribution in [-0.2, 0) is 11.8 Å². The molecule has 4 aromatic rings. The highest BCUT2D eigenvalue weighted by atomic mass is 35.5. The van der Waals surface area contributed by atoms with E-state index in [0.717, 1.165) is 18.5 Å². The number of hydrogen-bond acceptors (Lipinski definition) is 7. The fourth-order valence-corrected chi connectivity index (χ4v) is 4.87. The molecular weight excluding hydrogens is 508 g/mol. The molecule has 2 aromatic carbocycles. The maximum absolute atomic E-state index is 13.3. The second-order valence-corrected chi connectivity index (χ2v) is 9.58. The lowest BCUT2D eigenvalue weighted by molar-refractivity contribution is -0.119. The van der Waals surface area contributed by atoms with E-state index in [2.05, 4.69) is 20.8 Å². The molecule has 0 aliphatic carbocycles. The van der Waals surface area contributed by atoms with E-state index < -0.39 is 6.04 Å². The second-order valence-electron chi connectivity index (χ2n) is 9.15. The van der Waals surface area contributed by atoms with E-state index >= 15 is 0 Å². The molecule has 5 rings (SSSR count). The summed E-state index contributed by atoms with van der Waals surface area (Å²) in [6.45, 7) is 4.18. The van der Waals surface area contributed by atoms with Crippen molar-refractivity contribution in [2.75, 3.05) is 11.9 Å². The Labute approximate surface area is 224 Å². The third-order valence-electron chi connectivity index (χ3n) is 6.72. The van der Waals surface area contributed by atoms with Crippen molar-refractivity contribution in [3.05, 3.63) is 75.5 Å². The molecule has 0 spiro atoms. The van der Waals surface area contributed by atoms with E-state index in [-0.39, 0.29) is 23.2 Å². The van der Waals surface area contributed by atoms with Gasteiger partial charge in [-0.05, 0) is 63.4 Å². The molecule has 1 aliphatic rings. The van der Waals surface area contributed by atoms with Crippen molar-refractivity contribution in [1.29, 1.82) is 0 Å². The lowest BCUT2D eigenvalue weighted by Gasteiger charge is -2.28. The average molecular weight is 537 g/mol. The highest BCUT2D eigenvalue weighted by Gasteiger charge is 2.32. The highest BCUT2D eigenvalue weighted by Crippen LogP contribution is 2.34. The third kappa shape index (κ3) is 4.97. The summed E-state index contributed by atoms with van der Waals surface area (Å²) in [4.78, 5) is 26.5. The van der Waals surface area contributed by atoms with Crippen molar-refractivity contribution >= 4 is 23.2 Å². The number of nitrogens with zero attached hydrogens (tertiary/aromatic N) is 4. The molecule has 11 heteroatoms. The van der Waals surface area contributed by atoms with Crippen LogP contribution in [0.2, 0.25) is 5.02 Å². The summed E-state index contributed by atoms with van der Waals surface area (Å²) in [5.74, 6) is 0.984. The summed E-state index contributed by atoms with van der Waals surface area (Å²) >= 11 is 6.18. The molecule has 0 unspecified atom stereocenters. The first-order valence-electron chi connectivity index (χ1n) is 12.5. The molecular formula is C27H29ClN6O4. The number of amides is 1. The average Bonchev–Trinajstić information content (AvgIpc) is 3.50. The van der Waals surface area contributed by atoms with Gasteiger partial charge in [0, 0.05) is 12.1 Å². The number of rotatable bonds is 7. The quantitative estimate of drug-likeness (QED) is 0.359. The van der Waals surface area contributed by atoms with E-state index in [4.69, 9.17) is 20.8 Å². The minimum atomic E-state index is -0.529. The fourth-order valence-electron chi connectivity index (χ4n) is 4.69. The molecule has 2 atom stereocenters. The Bertz CT molecular complexity index is 1510. The molecule has 38 heavy (non-hydrogen) atoms. The number of anilines is 1. The number of nitrogens with one attached hydrogen (secondary N) is 2. The smallest absolute Gasteiger partial charge is 0.295 e. The monoisotopic (exact) mass is 536 g/mol. The summed E-state index contributed by atoms with van der Waals surface area (Å²) in [6.07, 6.45) is 2.12. The van der Waals surface area contributed by atoms with E-state index in [1.807, 2.05) is 37.3 Å². The molecule has 1 aliphatic heterocycles. The standard InChI is InChI=1S/C27H29ClN6O4/c1-4-37-22-14-13-17(28)15-19(22)25-31-32-26(38-25)21-12-8-11-20(29-21)24(35)30-23-16(2)33(3)34(27(23)36)18-9-6-5-7-10-18/h5-7,9-10,13-15,20-21,29H,4,8,11-12H2,1-3H3,(H,30,35)/t20-,21+/m0/s1. The number of benzene rings is 2. The van der Waals surface area contributed by atoms with E-state index in [0.29, 0.717) is 46.8 Å². The number of para-hydroxylation sites is 1. The van der Waals surface area contributed by atoms with Crippen LogP contribution in [0.3, 0.4) is 0 Å². The van der Waals surface area contributed by atoms with Crippen LogP contribution in [0.15, 0.2) is 57.7 Å². The van der Waals surface area contributed by atoms with Crippen molar-refractivity contribution in [3.8, 4) is 22.9 Å². The van der Waals surface area contributed by atoms with Gasteiger partial charge in [-0.15, -0.1) is 10.2 Å². The van der Waals surface area contributed by atoms with Crippen molar-refractivity contribution in [2.24, 2.45) is 7.05 Å². The highest BCUT2D eigenvalue weighted by molar-refractivity contribution is 6.30. The number of ether oxygens (including phenoxy) is 1. The number of halogens is 1. The predicted octanol–water partition coefficient (Wildman–Crippen LogP) is 4.41. The summed E-state index contributed by atoms with van der Waals surface area (Å²) in [7, 11) is 1.79. The molecule has 2 aromatic heterocycles. The van der Waals surface area contributed by atoms with Gasteiger partial charge in [-0.3, -0.25) is 19.6 Å². The van der Waals surface area contributed by atoms with Gasteiger partial charge in [0.05, 0.1) is 35.6 Å². The van der Waals surface area contributed by atoms with Gasteiger partial charge in [0.15, 0.2) is 0 Å². The van der Waals surface area contributed by atoms with Crippen LogP contribution in [0.25, 0.3) is 17.1 Å². The molecule has 1 amide bonds. The number of carbonyl (C=O) groups is 1. The van der Waals surface area contributed by atoms with Crippen LogP contribution in [0.4, 0.5) is 5.69 Å². The van der Waals surface area contributed by atoms with Gasteiger partial charge >= 0.3 is 0 Å². The Balaban J connectivity index is 1.33. The van der Waals surface area contributed by atoms with Gasteiger partial charge < -0.3 is 14.5 Å². The van der Waals surface area contributed by atoms with E-state index in [1.165, 1.54) is 4.68 Å². The molecule has 2 N–H and O–H groups in total. The zero-order valence-corrected chi connectivity index (χ0v) is 22.2. The zero-order valence-electron chi connectivity index (χ0n) is 21.4. The predicted molar refractivity (Wildman–Crippen MR) is 144 cm³/mol. The largest absolute Gasteiger partial charge is 0.493 e. The van der Waals surface area contributed by atoms with Crippen LogP contribution in [0.5, 0.6) is 5.75 Å². The van der Waals surface area contributed by atoms with Crippen molar-refractivity contribution in [2.45, 2.75) is 45.2 Å². The van der Waals surface area contributed by atoms with Crippen LogP contribution < -0.4 is 20.9 Å². The Kier molecular flexibility index (Phi) is 7.35. The molecule has 198 valence electrons. The lowest BCUT2D eigenvalue weighted by Crippen LogP contribution is -2.45. The number of piperidine rings is 1. The Morgan fingerprint density at radius 1 is 1.21 bits per heavy atom. The van der Waals surface area contributed by atoms with Crippen LogP contribution in [0.1, 0.15) is 43.8 Å². The van der Waals surface area contributed by atoms with Gasteiger partial charge in [-0.2, -0.15) is 0 Å². The normalized spacial score (nSPS) is 17.4. The van der Waals surface area contributed by atoms with Gasteiger partial charge in [0.1, 0.15) is 11.4 Å². The van der Waals surface area contributed by atoms with Crippen LogP contribution in [-0.4, -0.2) is 38.1 Å². The number of aromatic nitrogens is 4. The zero-order chi connectivity index (χ0) is 26.8. The minimum absolute atomic E-state index is 0.259. The molecule has 10 nitrogen and oxygen atoms in total. The topological polar surface area (TPSA) is 116 Å². The first-order valence-corrected chi connectivity index (χ1v) is 12.9. The van der Waals surface area contributed by atoms with Crippen LogP contribution in [0, 0.1) is 6.92 Å². The van der Waals surface area contributed by atoms with Gasteiger partial charge in [0.2, 0.25) is 11.8 Å². The number of carbonyl (C=O) groups excluding carboxylic acids is 1. The van der Waals surface area contributed by atoms with Crippen molar-refractivity contribution in [1.82, 2.24) is 24.9 Å². The van der Waals surface area contributed by atoms with Crippen LogP contribution >= 0.6 is 11.6 Å². The maximum atomic E-state index is 13.3. The maximum Gasteiger partial charge on any atom is 0.295 e. The molecule has 1 saturated heterocycles. The lowest BCUT2D eigenvalue weighted by atomic mass is 9.98.